The van der Waals surface area contributed by atoms with Gasteiger partial charge in [0.1, 0.15) is 5.60 Å². The molecule has 0 bridgehead atoms. The minimum Gasteiger partial charge on any atom is -0.504 e. The van der Waals surface area contributed by atoms with E-state index in [2.05, 4.69) is 0 Å². The van der Waals surface area contributed by atoms with Gasteiger partial charge in [-0.15, -0.1) is 0 Å². The molecule has 1 N–H and O–H groups in total. The Balaban J connectivity index is 2.24. The molecule has 0 radical (unpaired) electrons. The summed E-state index contributed by atoms with van der Waals surface area (Å²) in [5, 5.41) is 10.5. The minimum atomic E-state index is -0.872. The van der Waals surface area contributed by atoms with Crippen LogP contribution < -0.4 is 4.74 Å². The average molecular weight is 346 g/mol. The van der Waals surface area contributed by atoms with Crippen molar-refractivity contribution >= 4 is 0 Å². The largest absolute Gasteiger partial charge is 0.504 e. The summed E-state index contributed by atoms with van der Waals surface area (Å²) in [7, 11) is 0. The zero-order valence-corrected chi connectivity index (χ0v) is 15.2. The number of benzene rings is 2. The van der Waals surface area contributed by atoms with Gasteiger partial charge in [0.05, 0.1) is 5.56 Å². The van der Waals surface area contributed by atoms with Crippen molar-refractivity contribution in [2.45, 2.75) is 59.0 Å². The molecule has 0 amide bonds. The van der Waals surface area contributed by atoms with Gasteiger partial charge in [-0.2, -0.15) is 0 Å². The van der Waals surface area contributed by atoms with Crippen molar-refractivity contribution in [3.8, 4) is 22.6 Å². The van der Waals surface area contributed by atoms with Gasteiger partial charge in [0.15, 0.2) is 23.1 Å². The summed E-state index contributed by atoms with van der Waals surface area (Å²) in [4.78, 5) is 0. The van der Waals surface area contributed by atoms with Crippen LogP contribution in [0.1, 0.15) is 56.7 Å². The van der Waals surface area contributed by atoms with Gasteiger partial charge >= 0.3 is 0 Å². The summed E-state index contributed by atoms with van der Waals surface area (Å²) >= 11 is 0. The Hall–Kier alpha value is -2.10. The Labute approximate surface area is 147 Å². The topological polar surface area (TPSA) is 29.5 Å². The molecule has 3 rings (SSSR count). The van der Waals surface area contributed by atoms with Crippen molar-refractivity contribution in [2.24, 2.45) is 0 Å². The number of hydrogen-bond acceptors (Lipinski definition) is 2. The van der Waals surface area contributed by atoms with E-state index < -0.39 is 23.0 Å². The predicted molar refractivity (Wildman–Crippen MR) is 95.1 cm³/mol. The summed E-state index contributed by atoms with van der Waals surface area (Å²) < 4.78 is 35.7. The zero-order valence-electron chi connectivity index (χ0n) is 15.2. The quantitative estimate of drug-likeness (QED) is 0.687. The Bertz CT molecular complexity index is 825. The molecule has 1 aliphatic rings. The van der Waals surface area contributed by atoms with Gasteiger partial charge in [0, 0.05) is 11.1 Å². The maximum absolute atomic E-state index is 15.1. The fourth-order valence-corrected chi connectivity index (χ4v) is 3.52. The fraction of sp³-hybridized carbons (Fsp3) is 0.429. The van der Waals surface area contributed by atoms with Crippen molar-refractivity contribution in [2.75, 3.05) is 0 Å². The summed E-state index contributed by atoms with van der Waals surface area (Å²) in [6.07, 6.45) is 2.75. The van der Waals surface area contributed by atoms with E-state index in [1.54, 1.807) is 0 Å². The van der Waals surface area contributed by atoms with E-state index in [9.17, 15) is 9.50 Å². The van der Waals surface area contributed by atoms with Gasteiger partial charge < -0.3 is 9.84 Å². The van der Waals surface area contributed by atoms with E-state index >= 15 is 4.39 Å². The van der Waals surface area contributed by atoms with Crippen molar-refractivity contribution < 1.29 is 18.6 Å². The Morgan fingerprint density at radius 2 is 1.84 bits per heavy atom. The lowest BCUT2D eigenvalue weighted by Gasteiger charge is -2.36. The molecule has 1 heterocycles. The number of fused-ring (bicyclic) bond motifs is 3. The molecule has 0 saturated heterocycles. The molecule has 4 heteroatoms. The number of unbranched alkanes of at least 4 members (excludes halogenated alkanes) is 2. The highest BCUT2D eigenvalue weighted by Crippen LogP contribution is 2.52. The average Bonchev–Trinajstić information content (AvgIpc) is 2.55. The summed E-state index contributed by atoms with van der Waals surface area (Å²) in [6.45, 7) is 7.63. The van der Waals surface area contributed by atoms with Crippen molar-refractivity contribution in [3.63, 3.8) is 0 Å². The van der Waals surface area contributed by atoms with Crippen molar-refractivity contribution in [1.29, 1.82) is 0 Å². The second-order valence-electron chi connectivity index (χ2n) is 7.28. The first-order valence-electron chi connectivity index (χ1n) is 8.81. The molecule has 0 atom stereocenters. The predicted octanol–water partition coefficient (Wildman–Crippen LogP) is 6.01. The third-order valence-electron chi connectivity index (χ3n) is 4.88. The first kappa shape index (κ1) is 17.7. The maximum atomic E-state index is 15.1. The molecule has 2 aromatic carbocycles. The highest BCUT2D eigenvalue weighted by Gasteiger charge is 2.38. The standard InChI is InChI=1S/C21H24F2O2/c1-5-6-7-8-13-17(22)19(24)16-14-11-12(2)9-10-15(14)21(3,4)25-20(16)18(13)23/h9-11,24H,5-8H2,1-4H3. The van der Waals surface area contributed by atoms with E-state index in [4.69, 9.17) is 4.74 Å². The number of hydrogen-bond donors (Lipinski definition) is 1. The van der Waals surface area contributed by atoms with E-state index in [1.807, 2.05) is 45.9 Å². The molecule has 0 spiro atoms. The number of aromatic hydroxyl groups is 1. The van der Waals surface area contributed by atoms with E-state index in [-0.39, 0.29) is 23.3 Å². The van der Waals surface area contributed by atoms with Crippen LogP contribution in [0.15, 0.2) is 18.2 Å². The summed E-state index contributed by atoms with van der Waals surface area (Å²) in [5.41, 5.74) is 1.65. The molecule has 0 aromatic heterocycles. The van der Waals surface area contributed by atoms with E-state index in [1.165, 1.54) is 0 Å². The first-order valence-corrected chi connectivity index (χ1v) is 8.81. The van der Waals surface area contributed by atoms with Crippen LogP contribution in [0.5, 0.6) is 11.5 Å². The maximum Gasteiger partial charge on any atom is 0.172 e. The van der Waals surface area contributed by atoms with Crippen LogP contribution in [0.25, 0.3) is 11.1 Å². The van der Waals surface area contributed by atoms with Crippen LogP contribution in [-0.2, 0) is 12.0 Å². The lowest BCUT2D eigenvalue weighted by atomic mass is 9.84. The van der Waals surface area contributed by atoms with Gasteiger partial charge in [-0.05, 0) is 39.2 Å². The molecule has 0 aliphatic carbocycles. The van der Waals surface area contributed by atoms with Gasteiger partial charge in [0.2, 0.25) is 0 Å². The van der Waals surface area contributed by atoms with Gasteiger partial charge in [-0.25, -0.2) is 8.78 Å². The van der Waals surface area contributed by atoms with Crippen LogP contribution in [0.4, 0.5) is 8.78 Å². The molecule has 2 aromatic rings. The fourth-order valence-electron chi connectivity index (χ4n) is 3.52. The molecule has 2 nitrogen and oxygen atoms in total. The first-order chi connectivity index (χ1) is 11.8. The van der Waals surface area contributed by atoms with Crippen LogP contribution >= 0.6 is 0 Å². The lowest BCUT2D eigenvalue weighted by molar-refractivity contribution is 0.0983. The smallest absolute Gasteiger partial charge is 0.172 e. The van der Waals surface area contributed by atoms with Crippen LogP contribution in [0.2, 0.25) is 0 Å². The van der Waals surface area contributed by atoms with Crippen molar-refractivity contribution in [3.05, 3.63) is 46.5 Å². The van der Waals surface area contributed by atoms with Crippen LogP contribution in [-0.4, -0.2) is 5.11 Å². The minimum absolute atomic E-state index is 0.0477. The monoisotopic (exact) mass is 346 g/mol. The SMILES string of the molecule is CCCCCc1c(F)c(O)c2c(c1F)OC(C)(C)c1ccc(C)cc1-2. The zero-order chi connectivity index (χ0) is 18.4. The number of phenols is 1. The molecule has 0 fully saturated rings. The Kier molecular flexibility index (Phi) is 4.48. The van der Waals surface area contributed by atoms with Gasteiger partial charge in [-0.3, -0.25) is 0 Å². The normalized spacial score (nSPS) is 14.6. The lowest BCUT2D eigenvalue weighted by Crippen LogP contribution is -2.30. The van der Waals surface area contributed by atoms with Gasteiger partial charge in [0.25, 0.3) is 0 Å². The van der Waals surface area contributed by atoms with Crippen LogP contribution in [0.3, 0.4) is 0 Å². The highest BCUT2D eigenvalue weighted by atomic mass is 19.1. The highest BCUT2D eigenvalue weighted by molar-refractivity contribution is 5.83. The molecular weight excluding hydrogens is 322 g/mol. The molecule has 25 heavy (non-hydrogen) atoms. The number of rotatable bonds is 4. The van der Waals surface area contributed by atoms with Crippen LogP contribution in [0, 0.1) is 18.6 Å². The summed E-state index contributed by atoms with van der Waals surface area (Å²) in [6, 6.07) is 5.66. The van der Waals surface area contributed by atoms with Gasteiger partial charge in [-0.1, -0.05) is 43.5 Å². The third-order valence-corrected chi connectivity index (χ3v) is 4.88. The molecule has 1 aliphatic heterocycles. The number of ether oxygens (including phenoxy) is 1. The Morgan fingerprint density at radius 3 is 2.52 bits per heavy atom. The second-order valence-corrected chi connectivity index (χ2v) is 7.28. The third kappa shape index (κ3) is 2.88. The van der Waals surface area contributed by atoms with E-state index in [0.29, 0.717) is 12.0 Å². The number of aryl methyl sites for hydroxylation is 1. The summed E-state index contributed by atoms with van der Waals surface area (Å²) in [5.74, 6) is -2.14. The Morgan fingerprint density at radius 1 is 1.12 bits per heavy atom. The second kappa shape index (κ2) is 6.32. The molecular formula is C21H24F2O2. The number of halogens is 2. The molecule has 134 valence electrons. The van der Waals surface area contributed by atoms with E-state index in [0.717, 1.165) is 24.0 Å². The molecule has 0 saturated carbocycles. The molecule has 0 unspecified atom stereocenters. The van der Waals surface area contributed by atoms with Crippen molar-refractivity contribution in [1.82, 2.24) is 0 Å². The number of phenolic OH excluding ortho intramolecular Hbond substituents is 1.